The van der Waals surface area contributed by atoms with E-state index in [9.17, 15) is 22.8 Å². The molecule has 0 N–H and O–H groups in total. The van der Waals surface area contributed by atoms with Gasteiger partial charge in [0, 0.05) is 61.6 Å². The van der Waals surface area contributed by atoms with Crippen LogP contribution in [0.4, 0.5) is 18.9 Å². The first-order valence-corrected chi connectivity index (χ1v) is 12.4. The number of aromatic nitrogens is 2. The molecule has 0 unspecified atom stereocenters. The second-order valence-corrected chi connectivity index (χ2v) is 9.47. The lowest BCUT2D eigenvalue weighted by Crippen LogP contribution is -2.45. The lowest BCUT2D eigenvalue weighted by atomic mass is 10.0. The average molecular weight is 522 g/mol. The van der Waals surface area contributed by atoms with Gasteiger partial charge in [0.25, 0.3) is 11.8 Å². The number of nitrogens with zero attached hydrogens (tertiary/aromatic N) is 5. The second-order valence-electron chi connectivity index (χ2n) is 9.47. The quantitative estimate of drug-likeness (QED) is 0.492. The fourth-order valence-corrected chi connectivity index (χ4v) is 5.12. The van der Waals surface area contributed by atoms with Crippen molar-refractivity contribution in [2.75, 3.05) is 25.0 Å². The Morgan fingerprint density at radius 2 is 1.76 bits per heavy atom. The maximum Gasteiger partial charge on any atom is 0.434 e. The van der Waals surface area contributed by atoms with Crippen molar-refractivity contribution in [3.8, 4) is 0 Å². The summed E-state index contributed by atoms with van der Waals surface area (Å²) in [6.45, 7) is 1.65. The number of piperidine rings is 1. The fraction of sp³-hybridized carbons (Fsp3) is 0.321. The number of aryl methyl sites for hydroxylation is 1. The van der Waals surface area contributed by atoms with Gasteiger partial charge < -0.3 is 9.80 Å². The maximum atomic E-state index is 13.4. The number of carbonyl (C=O) groups excluding carboxylic acids is 2. The molecule has 0 spiro atoms. The van der Waals surface area contributed by atoms with Gasteiger partial charge in [0.15, 0.2) is 5.69 Å². The summed E-state index contributed by atoms with van der Waals surface area (Å²) < 4.78 is 40.0. The van der Waals surface area contributed by atoms with Crippen molar-refractivity contribution < 1.29 is 22.8 Å². The van der Waals surface area contributed by atoms with E-state index in [-0.39, 0.29) is 11.9 Å². The number of carbonyl (C=O) groups is 2. The molecule has 10 heteroatoms. The number of amides is 2. The Morgan fingerprint density at radius 1 is 1.03 bits per heavy atom. The highest BCUT2D eigenvalue weighted by atomic mass is 19.4. The zero-order chi connectivity index (χ0) is 26.9. The highest BCUT2D eigenvalue weighted by Gasteiger charge is 2.37. The van der Waals surface area contributed by atoms with E-state index < -0.39 is 23.3 Å². The molecule has 5 rings (SSSR count). The summed E-state index contributed by atoms with van der Waals surface area (Å²) in [4.78, 5) is 41.6. The van der Waals surface area contributed by atoms with E-state index in [1.165, 1.54) is 6.07 Å². The number of halogens is 3. The van der Waals surface area contributed by atoms with Crippen LogP contribution < -0.4 is 4.90 Å². The Balaban J connectivity index is 1.32. The fourth-order valence-electron chi connectivity index (χ4n) is 5.12. The Hall–Kier alpha value is -4.08. The number of benzene rings is 1. The maximum absolute atomic E-state index is 13.4. The number of aliphatic imine (C=N–C) groups is 1. The standard InChI is InChI=1S/C28H26F3N5O2/c1-35(20-10-15-36(16-11-20)21-8-13-32-14-9-21)27(38)19-5-4-18-6-7-24(23(18)17-19)34-26(37)22-3-2-12-33-25(22)28(29,30)31/h2-5,8-9,12-14,17,20H,6-7,10-11,15-16H2,1H3. The summed E-state index contributed by atoms with van der Waals surface area (Å²) in [6.07, 6.45) is 2.41. The minimum Gasteiger partial charge on any atom is -0.371 e. The zero-order valence-electron chi connectivity index (χ0n) is 20.8. The summed E-state index contributed by atoms with van der Waals surface area (Å²) in [5.74, 6) is -1.14. The van der Waals surface area contributed by atoms with Crippen LogP contribution in [0, 0.1) is 0 Å². The first kappa shape index (κ1) is 25.6. The van der Waals surface area contributed by atoms with Gasteiger partial charge in [-0.1, -0.05) is 6.07 Å². The molecule has 0 atom stereocenters. The van der Waals surface area contributed by atoms with Gasteiger partial charge in [-0.15, -0.1) is 0 Å². The van der Waals surface area contributed by atoms with Gasteiger partial charge in [0.1, 0.15) is 0 Å². The third-order valence-corrected chi connectivity index (χ3v) is 7.20. The van der Waals surface area contributed by atoms with Crippen LogP contribution in [-0.4, -0.2) is 58.6 Å². The predicted molar refractivity (Wildman–Crippen MR) is 136 cm³/mol. The molecule has 0 bridgehead atoms. The molecule has 7 nitrogen and oxygen atoms in total. The van der Waals surface area contributed by atoms with Gasteiger partial charge in [-0.2, -0.15) is 13.2 Å². The topological polar surface area (TPSA) is 78.8 Å². The first-order chi connectivity index (χ1) is 18.2. The number of pyridine rings is 2. The third-order valence-electron chi connectivity index (χ3n) is 7.20. The van der Waals surface area contributed by atoms with E-state index in [2.05, 4.69) is 19.9 Å². The minimum absolute atomic E-state index is 0.0786. The Bertz CT molecular complexity index is 1380. The summed E-state index contributed by atoms with van der Waals surface area (Å²) in [5.41, 5.74) is 1.64. The largest absolute Gasteiger partial charge is 0.434 e. The summed E-state index contributed by atoms with van der Waals surface area (Å²) >= 11 is 0. The number of fused-ring (bicyclic) bond motifs is 1. The first-order valence-electron chi connectivity index (χ1n) is 12.4. The average Bonchev–Trinajstić information content (AvgIpc) is 3.34. The van der Waals surface area contributed by atoms with Gasteiger partial charge >= 0.3 is 6.18 Å². The molecule has 1 saturated heterocycles. The van der Waals surface area contributed by atoms with Crippen LogP contribution in [0.25, 0.3) is 0 Å². The molecule has 2 amide bonds. The van der Waals surface area contributed by atoms with Crippen molar-refractivity contribution in [1.29, 1.82) is 0 Å². The van der Waals surface area contributed by atoms with Crippen LogP contribution in [0.1, 0.15) is 56.8 Å². The smallest absolute Gasteiger partial charge is 0.371 e. The number of hydrogen-bond donors (Lipinski definition) is 0. The molecule has 0 radical (unpaired) electrons. The normalized spacial score (nSPS) is 16.9. The predicted octanol–water partition coefficient (Wildman–Crippen LogP) is 4.81. The highest BCUT2D eigenvalue weighted by molar-refractivity contribution is 6.13. The van der Waals surface area contributed by atoms with Crippen LogP contribution in [0.2, 0.25) is 0 Å². The molecular formula is C28H26F3N5O2. The van der Waals surface area contributed by atoms with E-state index in [1.807, 2.05) is 18.2 Å². The van der Waals surface area contributed by atoms with Crippen molar-refractivity contribution in [2.24, 2.45) is 4.99 Å². The molecule has 196 valence electrons. The summed E-state index contributed by atoms with van der Waals surface area (Å²) in [6, 6.07) is 11.7. The van der Waals surface area contributed by atoms with E-state index in [0.717, 1.165) is 49.4 Å². The molecule has 38 heavy (non-hydrogen) atoms. The molecule has 3 aromatic rings. The molecule has 0 saturated carbocycles. The third kappa shape index (κ3) is 5.16. The van der Waals surface area contributed by atoms with Gasteiger partial charge in [0.2, 0.25) is 0 Å². The van der Waals surface area contributed by atoms with Crippen molar-refractivity contribution in [3.05, 3.63) is 89.0 Å². The molecule has 1 aliphatic heterocycles. The Kier molecular flexibility index (Phi) is 6.96. The molecular weight excluding hydrogens is 495 g/mol. The van der Waals surface area contributed by atoms with Crippen LogP contribution in [0.5, 0.6) is 0 Å². The van der Waals surface area contributed by atoms with Crippen molar-refractivity contribution in [3.63, 3.8) is 0 Å². The van der Waals surface area contributed by atoms with Crippen molar-refractivity contribution in [2.45, 2.75) is 37.9 Å². The van der Waals surface area contributed by atoms with Crippen LogP contribution in [-0.2, 0) is 12.6 Å². The van der Waals surface area contributed by atoms with Gasteiger partial charge in [-0.25, -0.2) is 4.99 Å². The van der Waals surface area contributed by atoms with E-state index in [4.69, 9.17) is 0 Å². The van der Waals surface area contributed by atoms with E-state index >= 15 is 0 Å². The van der Waals surface area contributed by atoms with Gasteiger partial charge in [0.05, 0.1) is 11.3 Å². The molecule has 3 heterocycles. The molecule has 2 aromatic heterocycles. The number of hydrogen-bond acceptors (Lipinski definition) is 5. The van der Waals surface area contributed by atoms with Crippen LogP contribution >= 0.6 is 0 Å². The summed E-state index contributed by atoms with van der Waals surface area (Å²) in [7, 11) is 1.79. The summed E-state index contributed by atoms with van der Waals surface area (Å²) in [5, 5.41) is 0. The number of alkyl halides is 3. The number of anilines is 1. The van der Waals surface area contributed by atoms with Crippen molar-refractivity contribution in [1.82, 2.24) is 14.9 Å². The second kappa shape index (κ2) is 10.4. The van der Waals surface area contributed by atoms with E-state index in [0.29, 0.717) is 29.7 Å². The van der Waals surface area contributed by atoms with Crippen LogP contribution in [0.15, 0.2) is 66.0 Å². The van der Waals surface area contributed by atoms with Gasteiger partial charge in [-0.05, 0) is 67.6 Å². The molecule has 2 aliphatic rings. The van der Waals surface area contributed by atoms with E-state index in [1.54, 1.807) is 36.5 Å². The van der Waals surface area contributed by atoms with Gasteiger partial charge in [-0.3, -0.25) is 19.6 Å². The molecule has 1 fully saturated rings. The zero-order valence-corrected chi connectivity index (χ0v) is 20.8. The highest BCUT2D eigenvalue weighted by Crippen LogP contribution is 2.31. The lowest BCUT2D eigenvalue weighted by molar-refractivity contribution is -0.141. The SMILES string of the molecule is CN(C(=O)c1ccc2c(c1)C(=NC(=O)c1cccnc1C(F)(F)F)CC2)C1CCN(c2ccncc2)CC1. The monoisotopic (exact) mass is 521 g/mol. The Labute approximate surface area is 218 Å². The number of rotatable bonds is 4. The van der Waals surface area contributed by atoms with Crippen LogP contribution in [0.3, 0.4) is 0 Å². The minimum atomic E-state index is -4.77. The molecule has 1 aromatic carbocycles. The lowest BCUT2D eigenvalue weighted by Gasteiger charge is -2.37. The molecule has 1 aliphatic carbocycles. The van der Waals surface area contributed by atoms with Crippen molar-refractivity contribution >= 4 is 23.2 Å². The Morgan fingerprint density at radius 3 is 2.47 bits per heavy atom.